The quantitative estimate of drug-likeness (QED) is 0.849. The summed E-state index contributed by atoms with van der Waals surface area (Å²) in [6.45, 7) is 4.91. The smallest absolute Gasteiger partial charge is 0.238 e. The van der Waals surface area contributed by atoms with Crippen LogP contribution in [0.1, 0.15) is 4.88 Å². The number of carbonyl (C=O) groups excluding carboxylic acids is 1. The lowest BCUT2D eigenvalue weighted by molar-refractivity contribution is -0.117. The number of halogens is 1. The maximum atomic E-state index is 12.1. The van der Waals surface area contributed by atoms with Gasteiger partial charge in [-0.25, -0.2) is 4.98 Å². The molecule has 0 spiro atoms. The number of nitrogens with one attached hydrogen (secondary N) is 1. The Kier molecular flexibility index (Phi) is 5.68. The molecule has 1 aliphatic heterocycles. The Morgan fingerprint density at radius 2 is 1.88 bits per heavy atom. The van der Waals surface area contributed by atoms with Crippen molar-refractivity contribution >= 4 is 39.7 Å². The second kappa shape index (κ2) is 7.94. The van der Waals surface area contributed by atoms with E-state index in [2.05, 4.69) is 20.1 Å². The normalized spacial score (nSPS) is 16.2. The molecule has 0 bridgehead atoms. The molecule has 1 saturated heterocycles. The van der Waals surface area contributed by atoms with Crippen molar-refractivity contribution in [3.63, 3.8) is 0 Å². The third kappa shape index (κ3) is 4.91. The zero-order chi connectivity index (χ0) is 16.9. The van der Waals surface area contributed by atoms with E-state index >= 15 is 0 Å². The van der Waals surface area contributed by atoms with E-state index in [9.17, 15) is 4.79 Å². The SMILES string of the molecule is Nc1ncc(CN2CCN(CC(=O)Nc3ccc(Cl)cc3)CC2)s1. The molecule has 1 amide bonds. The highest BCUT2D eigenvalue weighted by atomic mass is 35.5. The van der Waals surface area contributed by atoms with Crippen LogP contribution < -0.4 is 11.1 Å². The van der Waals surface area contributed by atoms with Gasteiger partial charge in [0, 0.05) is 54.5 Å². The van der Waals surface area contributed by atoms with Crippen molar-refractivity contribution in [2.45, 2.75) is 6.54 Å². The highest BCUT2D eigenvalue weighted by Crippen LogP contribution is 2.17. The summed E-state index contributed by atoms with van der Waals surface area (Å²) in [7, 11) is 0. The largest absolute Gasteiger partial charge is 0.375 e. The minimum Gasteiger partial charge on any atom is -0.375 e. The van der Waals surface area contributed by atoms with E-state index < -0.39 is 0 Å². The topological polar surface area (TPSA) is 74.5 Å². The van der Waals surface area contributed by atoms with Crippen LogP contribution in [0.4, 0.5) is 10.8 Å². The number of thiazole rings is 1. The molecule has 8 heteroatoms. The molecular weight excluding hydrogens is 346 g/mol. The number of benzene rings is 1. The Labute approximate surface area is 150 Å². The Hall–Kier alpha value is -1.67. The van der Waals surface area contributed by atoms with Crippen LogP contribution in [-0.4, -0.2) is 53.4 Å². The molecule has 3 rings (SSSR count). The Balaban J connectivity index is 1.41. The van der Waals surface area contributed by atoms with Crippen molar-refractivity contribution in [3.05, 3.63) is 40.4 Å². The van der Waals surface area contributed by atoms with Crippen molar-refractivity contribution in [1.82, 2.24) is 14.8 Å². The number of carbonyl (C=O) groups is 1. The molecule has 2 heterocycles. The van der Waals surface area contributed by atoms with Crippen molar-refractivity contribution in [3.8, 4) is 0 Å². The fraction of sp³-hybridized carbons (Fsp3) is 0.375. The number of nitrogens with two attached hydrogens (primary N) is 1. The number of piperazine rings is 1. The highest BCUT2D eigenvalue weighted by Gasteiger charge is 2.19. The zero-order valence-electron chi connectivity index (χ0n) is 13.2. The van der Waals surface area contributed by atoms with Gasteiger partial charge < -0.3 is 11.1 Å². The summed E-state index contributed by atoms with van der Waals surface area (Å²) in [5, 5.41) is 4.17. The predicted molar refractivity (Wildman–Crippen MR) is 98.3 cm³/mol. The first kappa shape index (κ1) is 17.2. The van der Waals surface area contributed by atoms with Gasteiger partial charge in [0.15, 0.2) is 5.13 Å². The average molecular weight is 366 g/mol. The lowest BCUT2D eigenvalue weighted by Crippen LogP contribution is -2.48. The second-order valence-corrected chi connectivity index (χ2v) is 7.36. The molecular formula is C16H20ClN5OS. The number of aromatic nitrogens is 1. The molecule has 0 radical (unpaired) electrons. The van der Waals surface area contributed by atoms with Crippen LogP contribution in [0.15, 0.2) is 30.5 Å². The molecule has 0 saturated carbocycles. The molecule has 1 aromatic heterocycles. The minimum absolute atomic E-state index is 0.000929. The Morgan fingerprint density at radius 3 is 2.50 bits per heavy atom. The summed E-state index contributed by atoms with van der Waals surface area (Å²) in [5.41, 5.74) is 6.43. The summed E-state index contributed by atoms with van der Waals surface area (Å²) in [5.74, 6) is 0.000929. The van der Waals surface area contributed by atoms with Crippen LogP contribution in [0.5, 0.6) is 0 Å². The highest BCUT2D eigenvalue weighted by molar-refractivity contribution is 7.15. The van der Waals surface area contributed by atoms with Crippen LogP contribution in [-0.2, 0) is 11.3 Å². The van der Waals surface area contributed by atoms with Crippen LogP contribution >= 0.6 is 22.9 Å². The van der Waals surface area contributed by atoms with Gasteiger partial charge in [-0.1, -0.05) is 11.6 Å². The van der Waals surface area contributed by atoms with E-state index in [-0.39, 0.29) is 5.91 Å². The number of hydrogen-bond donors (Lipinski definition) is 2. The molecule has 128 valence electrons. The number of anilines is 2. The fourth-order valence-corrected chi connectivity index (χ4v) is 3.51. The van der Waals surface area contributed by atoms with E-state index in [0.29, 0.717) is 16.7 Å². The van der Waals surface area contributed by atoms with Gasteiger partial charge in [-0.2, -0.15) is 0 Å². The molecule has 0 atom stereocenters. The first-order valence-corrected chi connectivity index (χ1v) is 8.98. The average Bonchev–Trinajstić information content (AvgIpc) is 2.96. The summed E-state index contributed by atoms with van der Waals surface area (Å²) >= 11 is 7.37. The molecule has 1 aromatic carbocycles. The van der Waals surface area contributed by atoms with Gasteiger partial charge in [0.1, 0.15) is 0 Å². The molecule has 24 heavy (non-hydrogen) atoms. The van der Waals surface area contributed by atoms with Crippen molar-refractivity contribution in [1.29, 1.82) is 0 Å². The standard InChI is InChI=1S/C16H20ClN5OS/c17-12-1-3-13(4-2-12)20-15(23)11-22-7-5-21(6-8-22)10-14-9-19-16(18)24-14/h1-4,9H,5-8,10-11H2,(H2,18,19)(H,20,23). The Bertz CT molecular complexity index is 682. The number of rotatable bonds is 5. The van der Waals surface area contributed by atoms with E-state index in [1.165, 1.54) is 16.2 Å². The summed E-state index contributed by atoms with van der Waals surface area (Å²) in [6, 6.07) is 7.14. The van der Waals surface area contributed by atoms with Crippen molar-refractivity contribution in [2.24, 2.45) is 0 Å². The van der Waals surface area contributed by atoms with Gasteiger partial charge in [0.25, 0.3) is 0 Å². The molecule has 6 nitrogen and oxygen atoms in total. The predicted octanol–water partition coefficient (Wildman–Crippen LogP) is 2.14. The van der Waals surface area contributed by atoms with Crippen LogP contribution in [0.3, 0.4) is 0 Å². The minimum atomic E-state index is 0.000929. The van der Waals surface area contributed by atoms with Crippen molar-refractivity contribution < 1.29 is 4.79 Å². The molecule has 0 aliphatic carbocycles. The van der Waals surface area contributed by atoms with E-state index in [1.54, 1.807) is 24.3 Å². The van der Waals surface area contributed by atoms with E-state index in [4.69, 9.17) is 17.3 Å². The summed E-state index contributed by atoms with van der Waals surface area (Å²) < 4.78 is 0. The number of nitrogen functional groups attached to an aromatic ring is 1. The lowest BCUT2D eigenvalue weighted by atomic mass is 10.3. The van der Waals surface area contributed by atoms with Crippen molar-refractivity contribution in [2.75, 3.05) is 43.8 Å². The zero-order valence-corrected chi connectivity index (χ0v) is 14.8. The van der Waals surface area contributed by atoms with Gasteiger partial charge in [-0.15, -0.1) is 11.3 Å². The first-order valence-electron chi connectivity index (χ1n) is 7.79. The molecule has 2 aromatic rings. The fourth-order valence-electron chi connectivity index (χ4n) is 2.66. The van der Waals surface area contributed by atoms with Gasteiger partial charge in [-0.05, 0) is 24.3 Å². The summed E-state index contributed by atoms with van der Waals surface area (Å²) in [4.78, 5) is 21.9. The van der Waals surface area contributed by atoms with Crippen LogP contribution in [0.25, 0.3) is 0 Å². The van der Waals surface area contributed by atoms with Crippen LogP contribution in [0, 0.1) is 0 Å². The third-order valence-corrected chi connectivity index (χ3v) is 4.97. The number of amides is 1. The first-order chi connectivity index (χ1) is 11.6. The number of hydrogen-bond acceptors (Lipinski definition) is 6. The monoisotopic (exact) mass is 365 g/mol. The van der Waals surface area contributed by atoms with Gasteiger partial charge in [0.2, 0.25) is 5.91 Å². The third-order valence-electron chi connectivity index (χ3n) is 3.91. The summed E-state index contributed by atoms with van der Waals surface area (Å²) in [6.07, 6.45) is 1.84. The van der Waals surface area contributed by atoms with Crippen LogP contribution in [0.2, 0.25) is 5.02 Å². The number of nitrogens with zero attached hydrogens (tertiary/aromatic N) is 3. The maximum absolute atomic E-state index is 12.1. The molecule has 0 unspecified atom stereocenters. The Morgan fingerprint density at radius 1 is 1.21 bits per heavy atom. The molecule has 1 fully saturated rings. The molecule has 1 aliphatic rings. The van der Waals surface area contributed by atoms with E-state index in [0.717, 1.165) is 38.4 Å². The lowest BCUT2D eigenvalue weighted by Gasteiger charge is -2.33. The van der Waals surface area contributed by atoms with Gasteiger partial charge >= 0.3 is 0 Å². The van der Waals surface area contributed by atoms with Gasteiger partial charge in [0.05, 0.1) is 6.54 Å². The van der Waals surface area contributed by atoms with E-state index in [1.807, 2.05) is 6.20 Å². The molecule has 3 N–H and O–H groups in total. The second-order valence-electron chi connectivity index (χ2n) is 5.77. The maximum Gasteiger partial charge on any atom is 0.238 e. The van der Waals surface area contributed by atoms with Gasteiger partial charge in [-0.3, -0.25) is 14.6 Å².